The molecule has 1 aliphatic rings. The van der Waals surface area contributed by atoms with Crippen molar-refractivity contribution in [3.8, 4) is 0 Å². The van der Waals surface area contributed by atoms with Gasteiger partial charge in [-0.3, -0.25) is 0 Å². The van der Waals surface area contributed by atoms with Gasteiger partial charge < -0.3 is 9.88 Å². The molecule has 0 saturated heterocycles. The molecule has 0 radical (unpaired) electrons. The van der Waals surface area contributed by atoms with E-state index in [-0.39, 0.29) is 0 Å². The fourth-order valence-corrected chi connectivity index (χ4v) is 3.17. The van der Waals surface area contributed by atoms with Crippen molar-refractivity contribution in [2.45, 2.75) is 46.1 Å². The number of aromatic nitrogens is 2. The number of rotatable bonds is 3. The normalized spacial score (nSPS) is 21.1. The molecule has 1 atom stereocenters. The van der Waals surface area contributed by atoms with Crippen LogP contribution in [0.5, 0.6) is 0 Å². The number of anilines is 2. The minimum atomic E-state index is 0.451. The molecule has 0 aliphatic heterocycles. The van der Waals surface area contributed by atoms with Gasteiger partial charge in [0.1, 0.15) is 0 Å². The average molecular weight is 269 g/mol. The summed E-state index contributed by atoms with van der Waals surface area (Å²) in [5.74, 6) is 0.969. The number of benzene rings is 1. The predicted octanol–water partition coefficient (Wildman–Crippen LogP) is 4.69. The molecule has 3 rings (SSSR count). The van der Waals surface area contributed by atoms with Crippen LogP contribution in [0.15, 0.2) is 36.5 Å². The quantitative estimate of drug-likeness (QED) is 0.876. The van der Waals surface area contributed by atoms with Gasteiger partial charge >= 0.3 is 0 Å². The highest BCUT2D eigenvalue weighted by atomic mass is 15.2. The van der Waals surface area contributed by atoms with Crippen molar-refractivity contribution in [2.24, 2.45) is 5.41 Å². The second kappa shape index (κ2) is 4.97. The average Bonchev–Trinajstić information content (AvgIpc) is 2.93. The van der Waals surface area contributed by atoms with Crippen LogP contribution in [0, 0.1) is 12.3 Å². The predicted molar refractivity (Wildman–Crippen MR) is 83.4 cm³/mol. The van der Waals surface area contributed by atoms with Gasteiger partial charge in [0.05, 0.1) is 5.69 Å². The lowest BCUT2D eigenvalue weighted by molar-refractivity contribution is 0.359. The van der Waals surface area contributed by atoms with E-state index in [4.69, 9.17) is 0 Å². The molecule has 1 saturated carbocycles. The summed E-state index contributed by atoms with van der Waals surface area (Å²) < 4.78 is 2.33. The second-order valence-electron chi connectivity index (χ2n) is 6.67. The van der Waals surface area contributed by atoms with Gasteiger partial charge in [0.25, 0.3) is 0 Å². The molecule has 0 spiro atoms. The monoisotopic (exact) mass is 269 g/mol. The molecule has 1 unspecified atom stereocenters. The molecule has 1 heterocycles. The first-order valence-corrected chi connectivity index (χ1v) is 7.41. The van der Waals surface area contributed by atoms with Crippen LogP contribution >= 0.6 is 0 Å². The summed E-state index contributed by atoms with van der Waals surface area (Å²) in [6.07, 6.45) is 5.94. The molecule has 0 amide bonds. The Kier molecular flexibility index (Phi) is 3.28. The zero-order valence-corrected chi connectivity index (χ0v) is 12.6. The van der Waals surface area contributed by atoms with Crippen LogP contribution in [0.1, 0.15) is 44.8 Å². The maximum absolute atomic E-state index is 4.65. The maximum Gasteiger partial charge on any atom is 0.207 e. The summed E-state index contributed by atoms with van der Waals surface area (Å²) in [5, 5.41) is 3.45. The molecule has 1 fully saturated rings. The van der Waals surface area contributed by atoms with Crippen LogP contribution in [-0.2, 0) is 0 Å². The molecule has 1 aromatic carbocycles. The van der Waals surface area contributed by atoms with Crippen LogP contribution in [-0.4, -0.2) is 9.55 Å². The molecule has 1 aliphatic carbocycles. The number of hydrogen-bond acceptors (Lipinski definition) is 2. The highest BCUT2D eigenvalue weighted by Gasteiger charge is 2.32. The minimum absolute atomic E-state index is 0.451. The summed E-state index contributed by atoms with van der Waals surface area (Å²) in [6, 6.07) is 10.8. The van der Waals surface area contributed by atoms with Crippen molar-refractivity contribution >= 4 is 11.6 Å². The number of aryl methyl sites for hydroxylation is 1. The fraction of sp³-hybridized carbons (Fsp3) is 0.471. The van der Waals surface area contributed by atoms with E-state index in [1.807, 2.05) is 18.2 Å². The molecule has 3 heteroatoms. The summed E-state index contributed by atoms with van der Waals surface area (Å²) in [7, 11) is 0. The Bertz CT molecular complexity index is 584. The van der Waals surface area contributed by atoms with Gasteiger partial charge in [-0.1, -0.05) is 32.0 Å². The van der Waals surface area contributed by atoms with Crippen molar-refractivity contribution in [3.63, 3.8) is 0 Å². The molecular weight excluding hydrogens is 246 g/mol. The third-order valence-electron chi connectivity index (χ3n) is 4.22. The zero-order chi connectivity index (χ0) is 14.2. The molecule has 20 heavy (non-hydrogen) atoms. The Morgan fingerprint density at radius 2 is 2.00 bits per heavy atom. The molecular formula is C17H23N3. The third-order valence-corrected chi connectivity index (χ3v) is 4.22. The van der Waals surface area contributed by atoms with E-state index >= 15 is 0 Å². The largest absolute Gasteiger partial charge is 0.326 e. The Hall–Kier alpha value is -1.77. The van der Waals surface area contributed by atoms with Gasteiger partial charge in [-0.05, 0) is 43.7 Å². The van der Waals surface area contributed by atoms with Crippen LogP contribution in [0.25, 0.3) is 0 Å². The Morgan fingerprint density at radius 1 is 1.25 bits per heavy atom. The number of imidazole rings is 1. The lowest BCUT2D eigenvalue weighted by Crippen LogP contribution is -2.11. The van der Waals surface area contributed by atoms with E-state index < -0.39 is 0 Å². The van der Waals surface area contributed by atoms with E-state index in [1.165, 1.54) is 19.3 Å². The van der Waals surface area contributed by atoms with Gasteiger partial charge in [0.15, 0.2) is 0 Å². The van der Waals surface area contributed by atoms with Gasteiger partial charge in [-0.2, -0.15) is 0 Å². The van der Waals surface area contributed by atoms with Gasteiger partial charge in [-0.15, -0.1) is 0 Å². The molecule has 1 N–H and O–H groups in total. The maximum atomic E-state index is 4.65. The second-order valence-corrected chi connectivity index (χ2v) is 6.67. The van der Waals surface area contributed by atoms with Gasteiger partial charge in [0.2, 0.25) is 5.95 Å². The Labute approximate surface area is 121 Å². The van der Waals surface area contributed by atoms with E-state index in [0.717, 1.165) is 17.3 Å². The van der Waals surface area contributed by atoms with E-state index in [0.29, 0.717) is 11.5 Å². The summed E-state index contributed by atoms with van der Waals surface area (Å²) in [5.41, 5.74) is 2.62. The number of nitrogens with zero attached hydrogens (tertiary/aromatic N) is 2. The molecule has 0 bridgehead atoms. The summed E-state index contributed by atoms with van der Waals surface area (Å²) >= 11 is 0. The van der Waals surface area contributed by atoms with Crippen molar-refractivity contribution in [3.05, 3.63) is 42.2 Å². The molecule has 106 valence electrons. The number of hydrogen-bond donors (Lipinski definition) is 1. The highest BCUT2D eigenvalue weighted by molar-refractivity contribution is 5.53. The van der Waals surface area contributed by atoms with Crippen LogP contribution < -0.4 is 5.32 Å². The first kappa shape index (κ1) is 13.2. The number of para-hydroxylation sites is 1. The highest BCUT2D eigenvalue weighted by Crippen LogP contribution is 2.44. The van der Waals surface area contributed by atoms with Crippen molar-refractivity contribution in [2.75, 3.05) is 5.32 Å². The van der Waals surface area contributed by atoms with Crippen molar-refractivity contribution in [1.82, 2.24) is 9.55 Å². The van der Waals surface area contributed by atoms with E-state index in [9.17, 15) is 0 Å². The topological polar surface area (TPSA) is 29.9 Å². The standard InChI is InChI=1S/C17H23N3/c1-13-12-20(15-9-10-17(2,3)11-15)16(18-13)19-14-7-5-4-6-8-14/h4-8,12,15H,9-11H2,1-3H3,(H,18,19). The first-order valence-electron chi connectivity index (χ1n) is 7.41. The SMILES string of the molecule is Cc1cn(C2CCC(C)(C)C2)c(Nc2ccccc2)n1. The van der Waals surface area contributed by atoms with Crippen molar-refractivity contribution in [1.29, 1.82) is 0 Å². The Morgan fingerprint density at radius 3 is 2.65 bits per heavy atom. The summed E-state index contributed by atoms with van der Waals surface area (Å²) in [6.45, 7) is 6.79. The molecule has 3 nitrogen and oxygen atoms in total. The Balaban J connectivity index is 1.85. The first-order chi connectivity index (χ1) is 9.53. The third kappa shape index (κ3) is 2.72. The summed E-state index contributed by atoms with van der Waals surface area (Å²) in [4.78, 5) is 4.65. The smallest absolute Gasteiger partial charge is 0.207 e. The van der Waals surface area contributed by atoms with Crippen LogP contribution in [0.2, 0.25) is 0 Å². The van der Waals surface area contributed by atoms with Crippen LogP contribution in [0.4, 0.5) is 11.6 Å². The van der Waals surface area contributed by atoms with Gasteiger partial charge in [0, 0.05) is 17.9 Å². The lowest BCUT2D eigenvalue weighted by atomic mass is 9.92. The fourth-order valence-electron chi connectivity index (χ4n) is 3.17. The number of nitrogens with one attached hydrogen (secondary N) is 1. The zero-order valence-electron chi connectivity index (χ0n) is 12.6. The van der Waals surface area contributed by atoms with Crippen molar-refractivity contribution < 1.29 is 0 Å². The minimum Gasteiger partial charge on any atom is -0.326 e. The van der Waals surface area contributed by atoms with Gasteiger partial charge in [-0.25, -0.2) is 4.98 Å². The molecule has 1 aromatic heterocycles. The van der Waals surface area contributed by atoms with E-state index in [1.54, 1.807) is 0 Å². The lowest BCUT2D eigenvalue weighted by Gasteiger charge is -2.19. The van der Waals surface area contributed by atoms with Crippen LogP contribution in [0.3, 0.4) is 0 Å². The molecule has 2 aromatic rings. The van der Waals surface area contributed by atoms with E-state index in [2.05, 4.69) is 54.0 Å².